The molecule has 11 nitrogen and oxygen atoms in total. The van der Waals surface area contributed by atoms with Crippen LogP contribution in [-0.2, 0) is 4.79 Å². The Bertz CT molecular complexity index is 1110. The molecule has 36 heavy (non-hydrogen) atoms. The van der Waals surface area contributed by atoms with Crippen LogP contribution in [0.5, 0.6) is 5.88 Å². The van der Waals surface area contributed by atoms with Crippen LogP contribution in [0.2, 0.25) is 0 Å². The average Bonchev–Trinajstić information content (AvgIpc) is 3.47. The number of rotatable bonds is 8. The van der Waals surface area contributed by atoms with E-state index in [-0.39, 0.29) is 11.8 Å². The van der Waals surface area contributed by atoms with Gasteiger partial charge in [0.1, 0.15) is 24.4 Å². The number of hydrogen-bond donors (Lipinski definition) is 1. The minimum absolute atomic E-state index is 0.0144. The Balaban J connectivity index is 1.02. The van der Waals surface area contributed by atoms with Crippen LogP contribution >= 0.6 is 0 Å². The van der Waals surface area contributed by atoms with Crippen molar-refractivity contribution >= 4 is 17.5 Å². The first-order valence-electron chi connectivity index (χ1n) is 12.4. The third-order valence-electron chi connectivity index (χ3n) is 6.72. The number of ether oxygens (including phenoxy) is 1. The van der Waals surface area contributed by atoms with E-state index in [9.17, 15) is 4.79 Å². The lowest BCUT2D eigenvalue weighted by atomic mass is 9.96. The summed E-state index contributed by atoms with van der Waals surface area (Å²) >= 11 is 0. The van der Waals surface area contributed by atoms with Crippen molar-refractivity contribution in [3.63, 3.8) is 0 Å². The highest BCUT2D eigenvalue weighted by Gasteiger charge is 2.25. The number of carbonyl (C=O) groups excluding carboxylic acids is 1. The summed E-state index contributed by atoms with van der Waals surface area (Å²) in [5.74, 6) is 2.98. The highest BCUT2D eigenvalue weighted by molar-refractivity contribution is 5.79. The smallest absolute Gasteiger partial charge is 0.223 e. The van der Waals surface area contributed by atoms with Crippen LogP contribution in [0.15, 0.2) is 47.3 Å². The van der Waals surface area contributed by atoms with Crippen LogP contribution in [0.25, 0.3) is 11.5 Å². The summed E-state index contributed by atoms with van der Waals surface area (Å²) in [5.41, 5.74) is 0.706. The minimum atomic E-state index is -0.0144. The fourth-order valence-electron chi connectivity index (χ4n) is 4.51. The van der Waals surface area contributed by atoms with E-state index in [1.165, 1.54) is 6.33 Å². The summed E-state index contributed by atoms with van der Waals surface area (Å²) in [4.78, 5) is 27.9. The molecule has 0 atom stereocenters. The van der Waals surface area contributed by atoms with E-state index in [1.807, 2.05) is 30.3 Å². The number of nitrogens with zero attached hydrogens (tertiary/aromatic N) is 7. The molecule has 2 aliphatic rings. The SMILES string of the molecule is CN1CCN(c2cc(OCCNC(=O)C3CCN(c4ccc(-c5ccco5)nn4)CC3)ncn2)CC1. The molecule has 1 amide bonds. The number of carbonyl (C=O) groups is 1. The molecule has 5 heterocycles. The van der Waals surface area contributed by atoms with Crippen molar-refractivity contribution in [3.8, 4) is 17.3 Å². The maximum atomic E-state index is 12.7. The van der Waals surface area contributed by atoms with Crippen molar-refractivity contribution < 1.29 is 13.9 Å². The quantitative estimate of drug-likeness (QED) is 0.466. The number of aromatic nitrogens is 4. The van der Waals surface area contributed by atoms with Crippen LogP contribution < -0.4 is 19.9 Å². The molecule has 0 unspecified atom stereocenters. The van der Waals surface area contributed by atoms with Crippen molar-refractivity contribution in [3.05, 3.63) is 42.9 Å². The molecule has 0 aliphatic carbocycles. The minimum Gasteiger partial charge on any atom is -0.476 e. The Morgan fingerprint density at radius 2 is 1.83 bits per heavy atom. The summed E-state index contributed by atoms with van der Waals surface area (Å²) in [5, 5.41) is 11.6. The van der Waals surface area contributed by atoms with E-state index in [0.29, 0.717) is 30.5 Å². The Morgan fingerprint density at radius 1 is 1.03 bits per heavy atom. The maximum absolute atomic E-state index is 12.7. The van der Waals surface area contributed by atoms with E-state index < -0.39 is 0 Å². The first kappa shape index (κ1) is 24.0. The summed E-state index contributed by atoms with van der Waals surface area (Å²) in [6.45, 7) is 6.22. The molecule has 3 aromatic rings. The van der Waals surface area contributed by atoms with Gasteiger partial charge < -0.3 is 29.2 Å². The molecule has 5 rings (SSSR count). The van der Waals surface area contributed by atoms with Gasteiger partial charge in [-0.2, -0.15) is 0 Å². The van der Waals surface area contributed by atoms with Crippen LogP contribution in [0.4, 0.5) is 11.6 Å². The molecule has 2 fully saturated rings. The largest absolute Gasteiger partial charge is 0.476 e. The van der Waals surface area contributed by atoms with Crippen LogP contribution in [0, 0.1) is 5.92 Å². The highest BCUT2D eigenvalue weighted by atomic mass is 16.5. The van der Waals surface area contributed by atoms with Crippen LogP contribution in [-0.4, -0.2) is 90.4 Å². The zero-order chi connectivity index (χ0) is 24.7. The third kappa shape index (κ3) is 5.91. The molecule has 0 bridgehead atoms. The number of amides is 1. The van der Waals surface area contributed by atoms with Crippen molar-refractivity contribution in [1.82, 2.24) is 30.4 Å². The van der Waals surface area contributed by atoms with Crippen molar-refractivity contribution in [2.24, 2.45) is 5.92 Å². The number of hydrogen-bond acceptors (Lipinski definition) is 10. The molecule has 0 aromatic carbocycles. The second kappa shape index (κ2) is 11.3. The summed E-state index contributed by atoms with van der Waals surface area (Å²) < 4.78 is 11.1. The topological polar surface area (TPSA) is 113 Å². The predicted octanol–water partition coefficient (Wildman–Crippen LogP) is 1.69. The Hall–Kier alpha value is -3.73. The van der Waals surface area contributed by atoms with Gasteiger partial charge in [0.2, 0.25) is 11.8 Å². The molecule has 0 spiro atoms. The highest BCUT2D eigenvalue weighted by Crippen LogP contribution is 2.24. The van der Waals surface area contributed by atoms with Gasteiger partial charge in [0, 0.05) is 51.3 Å². The molecule has 2 saturated heterocycles. The normalized spacial score (nSPS) is 17.2. The molecule has 0 saturated carbocycles. The van der Waals surface area contributed by atoms with Gasteiger partial charge in [-0.25, -0.2) is 9.97 Å². The average molecular weight is 493 g/mol. The molecule has 0 radical (unpaired) electrons. The number of anilines is 2. The number of likely N-dealkylation sites (N-methyl/N-ethyl adjacent to an activating group) is 1. The van der Waals surface area contributed by atoms with Gasteiger partial charge in [-0.3, -0.25) is 4.79 Å². The molecular formula is C25H32N8O3. The summed E-state index contributed by atoms with van der Waals surface area (Å²) in [7, 11) is 2.13. The standard InChI is InChI=1S/C25H32N8O3/c1-31-11-13-33(14-12-31)23-17-24(28-18-27-23)36-16-8-26-25(34)19-6-9-32(10-7-19)22-5-4-20(29-30-22)21-3-2-15-35-21/h2-5,15,17-19H,6-14,16H2,1H3,(H,26,34). The van der Waals surface area contributed by atoms with Crippen molar-refractivity contribution in [1.29, 1.82) is 0 Å². The zero-order valence-corrected chi connectivity index (χ0v) is 20.5. The summed E-state index contributed by atoms with van der Waals surface area (Å²) in [6, 6.07) is 9.41. The van der Waals surface area contributed by atoms with Crippen molar-refractivity contribution in [2.45, 2.75) is 12.8 Å². The van der Waals surface area contributed by atoms with Gasteiger partial charge in [0.15, 0.2) is 11.6 Å². The van der Waals surface area contributed by atoms with Crippen LogP contribution in [0.3, 0.4) is 0 Å². The van der Waals surface area contributed by atoms with E-state index in [1.54, 1.807) is 6.26 Å². The fourth-order valence-corrected chi connectivity index (χ4v) is 4.51. The Kier molecular flexibility index (Phi) is 7.55. The van der Waals surface area contributed by atoms with Crippen molar-refractivity contribution in [2.75, 3.05) is 69.3 Å². The van der Waals surface area contributed by atoms with Gasteiger partial charge in [-0.1, -0.05) is 0 Å². The number of nitrogens with one attached hydrogen (secondary N) is 1. The van der Waals surface area contributed by atoms with Gasteiger partial charge in [0.25, 0.3) is 0 Å². The Labute approximate surface area is 210 Å². The van der Waals surface area contributed by atoms with E-state index >= 15 is 0 Å². The Morgan fingerprint density at radius 3 is 2.56 bits per heavy atom. The van der Waals surface area contributed by atoms with Gasteiger partial charge in [-0.15, -0.1) is 10.2 Å². The number of piperazine rings is 1. The fraction of sp³-hybridized carbons (Fsp3) is 0.480. The second-order valence-electron chi connectivity index (χ2n) is 9.16. The van der Waals surface area contributed by atoms with Gasteiger partial charge >= 0.3 is 0 Å². The first-order chi connectivity index (χ1) is 17.7. The molecular weight excluding hydrogens is 460 g/mol. The maximum Gasteiger partial charge on any atom is 0.223 e. The lowest BCUT2D eigenvalue weighted by Gasteiger charge is -2.33. The molecule has 11 heteroatoms. The summed E-state index contributed by atoms with van der Waals surface area (Å²) in [6.07, 6.45) is 4.70. The molecule has 3 aromatic heterocycles. The third-order valence-corrected chi connectivity index (χ3v) is 6.72. The van der Waals surface area contributed by atoms with Crippen LogP contribution in [0.1, 0.15) is 12.8 Å². The predicted molar refractivity (Wildman–Crippen MR) is 135 cm³/mol. The molecule has 2 aliphatic heterocycles. The van der Waals surface area contributed by atoms with Gasteiger partial charge in [0.05, 0.1) is 12.8 Å². The molecule has 190 valence electrons. The lowest BCUT2D eigenvalue weighted by Crippen LogP contribution is -2.44. The molecule has 1 N–H and O–H groups in total. The number of piperidine rings is 1. The van der Waals surface area contributed by atoms with E-state index in [2.05, 4.69) is 47.2 Å². The second-order valence-corrected chi connectivity index (χ2v) is 9.16. The lowest BCUT2D eigenvalue weighted by molar-refractivity contribution is -0.125. The monoisotopic (exact) mass is 492 g/mol. The first-order valence-corrected chi connectivity index (χ1v) is 12.4. The number of furan rings is 1. The van der Waals surface area contributed by atoms with Gasteiger partial charge in [-0.05, 0) is 44.2 Å². The zero-order valence-electron chi connectivity index (χ0n) is 20.5. The van der Waals surface area contributed by atoms with E-state index in [0.717, 1.165) is 63.7 Å². The van der Waals surface area contributed by atoms with E-state index in [4.69, 9.17) is 9.15 Å².